The number of nitrogens with zero attached hydrogens (tertiary/aromatic N) is 3. The van der Waals surface area contributed by atoms with Gasteiger partial charge in [0.1, 0.15) is 11.4 Å². The van der Waals surface area contributed by atoms with Gasteiger partial charge in [-0.3, -0.25) is 15.1 Å². The molecule has 1 N–H and O–H groups in total. The molecule has 2 aliphatic rings. The zero-order chi connectivity index (χ0) is 22.8. The molecule has 2 aromatic heterocycles. The number of nitrogens with one attached hydrogen (secondary N) is 1. The third-order valence-corrected chi connectivity index (χ3v) is 6.28. The number of anilines is 1. The number of para-hydroxylation sites is 1. The molecular formula is C24H21FN4O4. The maximum atomic E-state index is 12.8. The van der Waals surface area contributed by atoms with Crippen molar-refractivity contribution in [1.82, 2.24) is 15.0 Å². The smallest absolute Gasteiger partial charge is 0.341 e. The number of pyridine rings is 1. The molecule has 0 atom stereocenters. The van der Waals surface area contributed by atoms with E-state index in [9.17, 15) is 14.0 Å². The quantitative estimate of drug-likeness (QED) is 0.588. The second kappa shape index (κ2) is 8.57. The molecule has 3 aromatic rings. The van der Waals surface area contributed by atoms with E-state index in [0.717, 1.165) is 5.56 Å². The second-order valence-electron chi connectivity index (χ2n) is 8.11. The molecule has 33 heavy (non-hydrogen) atoms. The first-order valence-corrected chi connectivity index (χ1v) is 10.7. The summed E-state index contributed by atoms with van der Waals surface area (Å²) in [4.78, 5) is 37.5. The maximum Gasteiger partial charge on any atom is 0.341 e. The molecule has 1 aliphatic heterocycles. The van der Waals surface area contributed by atoms with Crippen molar-refractivity contribution in [2.24, 2.45) is 5.92 Å². The first kappa shape index (κ1) is 21.0. The van der Waals surface area contributed by atoms with E-state index in [0.29, 0.717) is 48.1 Å². The van der Waals surface area contributed by atoms with Crippen LogP contribution in [0, 0.1) is 5.92 Å². The average molecular weight is 448 g/mol. The number of esters is 1. The fourth-order valence-electron chi connectivity index (χ4n) is 4.59. The monoisotopic (exact) mass is 448 g/mol. The molecule has 1 saturated carbocycles. The molecule has 1 fully saturated rings. The summed E-state index contributed by atoms with van der Waals surface area (Å²) in [6, 6.07) is 8.83. The normalized spacial score (nSPS) is 21.4. The summed E-state index contributed by atoms with van der Waals surface area (Å²) in [6.07, 6.45) is 8.60. The van der Waals surface area contributed by atoms with Crippen molar-refractivity contribution in [3.63, 3.8) is 0 Å². The summed E-state index contributed by atoms with van der Waals surface area (Å²) in [5.74, 6) is -0.175. The number of amides is 1. The van der Waals surface area contributed by atoms with Crippen molar-refractivity contribution in [1.29, 1.82) is 0 Å². The number of carbonyl (C=O) groups is 2. The zero-order valence-corrected chi connectivity index (χ0v) is 17.7. The Balaban J connectivity index is 1.23. The van der Waals surface area contributed by atoms with E-state index in [1.54, 1.807) is 36.8 Å². The highest BCUT2D eigenvalue weighted by atomic mass is 19.1. The third-order valence-electron chi connectivity index (χ3n) is 6.28. The van der Waals surface area contributed by atoms with E-state index >= 15 is 0 Å². The van der Waals surface area contributed by atoms with Crippen molar-refractivity contribution < 1.29 is 23.5 Å². The Morgan fingerprint density at radius 1 is 1.12 bits per heavy atom. The lowest BCUT2D eigenvalue weighted by atomic mass is 9.75. The molecular weight excluding hydrogens is 427 g/mol. The van der Waals surface area contributed by atoms with Crippen LogP contribution in [-0.4, -0.2) is 33.7 Å². The predicted octanol–water partition coefficient (Wildman–Crippen LogP) is 4.04. The fourth-order valence-corrected chi connectivity index (χ4v) is 4.59. The summed E-state index contributed by atoms with van der Waals surface area (Å²) < 4.78 is 23.3. The molecule has 0 radical (unpaired) electrons. The molecule has 1 aliphatic carbocycles. The van der Waals surface area contributed by atoms with Crippen molar-refractivity contribution in [2.75, 3.05) is 12.2 Å². The van der Waals surface area contributed by atoms with Gasteiger partial charge in [0.05, 0.1) is 5.56 Å². The minimum atomic E-state index is -0.934. The Morgan fingerprint density at radius 2 is 1.88 bits per heavy atom. The van der Waals surface area contributed by atoms with Gasteiger partial charge in [-0.15, -0.1) is 0 Å². The molecule has 168 valence electrons. The van der Waals surface area contributed by atoms with Crippen LogP contribution >= 0.6 is 0 Å². The number of hydrogen-bond donors (Lipinski definition) is 1. The zero-order valence-electron chi connectivity index (χ0n) is 17.7. The number of fused-ring (bicyclic) bond motifs is 2. The molecule has 5 rings (SSSR count). The highest BCUT2D eigenvalue weighted by Crippen LogP contribution is 2.47. The van der Waals surface area contributed by atoms with Gasteiger partial charge < -0.3 is 9.47 Å². The molecule has 9 heteroatoms. The van der Waals surface area contributed by atoms with Gasteiger partial charge in [-0.05, 0) is 37.8 Å². The molecule has 0 unspecified atom stereocenters. The average Bonchev–Trinajstić information content (AvgIpc) is 3.12. The van der Waals surface area contributed by atoms with E-state index in [1.165, 1.54) is 6.20 Å². The lowest BCUT2D eigenvalue weighted by Crippen LogP contribution is -2.36. The van der Waals surface area contributed by atoms with Crippen LogP contribution in [0.1, 0.15) is 41.6 Å². The first-order chi connectivity index (χ1) is 16.1. The van der Waals surface area contributed by atoms with Crippen molar-refractivity contribution in [2.45, 2.75) is 31.3 Å². The van der Waals surface area contributed by atoms with Gasteiger partial charge in [0.15, 0.2) is 0 Å². The Kier molecular flexibility index (Phi) is 5.45. The summed E-state index contributed by atoms with van der Waals surface area (Å²) in [5.41, 5.74) is 2.00. The van der Waals surface area contributed by atoms with Gasteiger partial charge >= 0.3 is 5.97 Å². The minimum absolute atomic E-state index is 0.168. The Hall–Kier alpha value is -3.88. The number of carbonyl (C=O) groups excluding carboxylic acids is 2. The van der Waals surface area contributed by atoms with Crippen LogP contribution < -0.4 is 10.1 Å². The number of halogens is 1. The van der Waals surface area contributed by atoms with Crippen molar-refractivity contribution >= 4 is 17.8 Å². The van der Waals surface area contributed by atoms with Gasteiger partial charge in [0.2, 0.25) is 18.7 Å². The van der Waals surface area contributed by atoms with Gasteiger partial charge in [-0.2, -0.15) is 0 Å². The van der Waals surface area contributed by atoms with Crippen LogP contribution in [0.15, 0.2) is 55.1 Å². The van der Waals surface area contributed by atoms with Gasteiger partial charge in [-0.25, -0.2) is 19.2 Å². The van der Waals surface area contributed by atoms with Crippen LogP contribution in [0.4, 0.5) is 10.3 Å². The summed E-state index contributed by atoms with van der Waals surface area (Å²) in [6.45, 7) is -0.934. The number of ether oxygens (including phenoxy) is 2. The SMILES string of the molecule is O=C1OC2(CCC(C(=O)Nc3ncc(-c4ccccc4OCF)cn3)CC2)c2ccncc21. The van der Waals surface area contributed by atoms with Crippen LogP contribution in [0.2, 0.25) is 0 Å². The van der Waals surface area contributed by atoms with Crippen molar-refractivity contribution in [3.05, 3.63) is 66.2 Å². The fraction of sp³-hybridized carbons (Fsp3) is 0.292. The van der Waals surface area contributed by atoms with E-state index in [4.69, 9.17) is 9.47 Å². The van der Waals surface area contributed by atoms with Gasteiger partial charge in [0, 0.05) is 47.4 Å². The Labute approximate surface area is 189 Å². The van der Waals surface area contributed by atoms with Crippen LogP contribution in [0.3, 0.4) is 0 Å². The minimum Gasteiger partial charge on any atom is -0.462 e. The maximum absolute atomic E-state index is 12.8. The summed E-state index contributed by atoms with van der Waals surface area (Å²) in [7, 11) is 0. The number of hydrogen-bond acceptors (Lipinski definition) is 7. The molecule has 0 saturated heterocycles. The number of benzene rings is 1. The molecule has 1 spiro atoms. The van der Waals surface area contributed by atoms with Crippen LogP contribution in [0.5, 0.6) is 5.75 Å². The lowest BCUT2D eigenvalue weighted by molar-refractivity contribution is -0.122. The molecule has 1 aromatic carbocycles. The van der Waals surface area contributed by atoms with Gasteiger partial charge in [-0.1, -0.05) is 18.2 Å². The molecule has 0 bridgehead atoms. The van der Waals surface area contributed by atoms with Crippen molar-refractivity contribution in [3.8, 4) is 16.9 Å². The second-order valence-corrected chi connectivity index (χ2v) is 8.11. The van der Waals surface area contributed by atoms with E-state index in [2.05, 4.69) is 20.3 Å². The summed E-state index contributed by atoms with van der Waals surface area (Å²) >= 11 is 0. The number of alkyl halides is 1. The van der Waals surface area contributed by atoms with E-state index in [-0.39, 0.29) is 23.7 Å². The Bertz CT molecular complexity index is 1190. The third kappa shape index (κ3) is 3.90. The van der Waals surface area contributed by atoms with Crippen LogP contribution in [-0.2, 0) is 15.1 Å². The highest BCUT2D eigenvalue weighted by Gasteiger charge is 2.48. The van der Waals surface area contributed by atoms with E-state index < -0.39 is 12.5 Å². The topological polar surface area (TPSA) is 103 Å². The first-order valence-electron chi connectivity index (χ1n) is 10.7. The predicted molar refractivity (Wildman–Crippen MR) is 116 cm³/mol. The molecule has 3 heterocycles. The van der Waals surface area contributed by atoms with Crippen LogP contribution in [0.25, 0.3) is 11.1 Å². The Morgan fingerprint density at radius 3 is 2.64 bits per heavy atom. The standard InChI is InChI=1S/C24H21FN4O4/c25-14-32-20-4-2-1-3-17(20)16-11-27-23(28-12-16)29-21(30)15-5-8-24(9-6-15)19-7-10-26-13-18(19)22(31)33-24/h1-4,7,10-13,15H,5-6,8-9,14H2,(H,27,28,29,30). The lowest BCUT2D eigenvalue weighted by Gasteiger charge is -2.35. The largest absolute Gasteiger partial charge is 0.462 e. The number of aromatic nitrogens is 3. The molecule has 1 amide bonds. The van der Waals surface area contributed by atoms with Gasteiger partial charge in [0.25, 0.3) is 0 Å². The van der Waals surface area contributed by atoms with E-state index in [1.807, 2.05) is 12.1 Å². The number of rotatable bonds is 5. The summed E-state index contributed by atoms with van der Waals surface area (Å²) in [5, 5.41) is 2.77. The molecule has 8 nitrogen and oxygen atoms in total. The highest BCUT2D eigenvalue weighted by molar-refractivity contribution is 5.94.